The predicted molar refractivity (Wildman–Crippen MR) is 97.9 cm³/mol. The lowest BCUT2D eigenvalue weighted by molar-refractivity contribution is 0.0829. The van der Waals surface area contributed by atoms with Gasteiger partial charge in [-0.1, -0.05) is 45.7 Å². The number of rotatable bonds is 2. The molecule has 1 aromatic heterocycles. The molecule has 0 atom stereocenters. The van der Waals surface area contributed by atoms with Gasteiger partial charge < -0.3 is 4.90 Å². The first-order valence-corrected chi connectivity index (χ1v) is 8.21. The van der Waals surface area contributed by atoms with Gasteiger partial charge in [-0.2, -0.15) is 0 Å². The van der Waals surface area contributed by atoms with Gasteiger partial charge in [0.25, 0.3) is 5.91 Å². The Hall–Kier alpha value is -1.91. The number of nitrogens with zero attached hydrogens (tertiary/aromatic N) is 2. The zero-order chi connectivity index (χ0) is 16.6. The molecule has 0 aliphatic heterocycles. The molecule has 23 heavy (non-hydrogen) atoms. The van der Waals surface area contributed by atoms with Gasteiger partial charge in [-0.25, -0.2) is 4.98 Å². The number of amides is 1. The normalized spacial score (nSPS) is 10.8. The summed E-state index contributed by atoms with van der Waals surface area (Å²) in [7, 11) is 3.48. The van der Waals surface area contributed by atoms with Crippen LogP contribution in [0.1, 0.15) is 10.4 Å². The van der Waals surface area contributed by atoms with Crippen molar-refractivity contribution in [2.24, 2.45) is 0 Å². The van der Waals surface area contributed by atoms with Crippen molar-refractivity contribution >= 4 is 44.3 Å². The molecule has 1 heterocycles. The molecule has 0 bridgehead atoms. The van der Waals surface area contributed by atoms with E-state index < -0.39 is 0 Å². The van der Waals surface area contributed by atoms with Crippen molar-refractivity contribution in [2.75, 3.05) is 14.1 Å². The van der Waals surface area contributed by atoms with Crippen LogP contribution in [0.3, 0.4) is 0 Å². The summed E-state index contributed by atoms with van der Waals surface area (Å²) in [5.41, 5.74) is 2.87. The number of hydrogen-bond donors (Lipinski definition) is 0. The molecule has 2 aromatic carbocycles. The molecule has 0 aliphatic carbocycles. The highest BCUT2D eigenvalue weighted by molar-refractivity contribution is 9.10. The van der Waals surface area contributed by atoms with E-state index in [9.17, 15) is 4.79 Å². The number of pyridine rings is 1. The minimum atomic E-state index is -0.0659. The number of carbonyl (C=O) groups excluding carboxylic acids is 1. The van der Waals surface area contributed by atoms with Crippen molar-refractivity contribution in [3.8, 4) is 11.3 Å². The van der Waals surface area contributed by atoms with Crippen LogP contribution < -0.4 is 0 Å². The van der Waals surface area contributed by atoms with Crippen molar-refractivity contribution in [1.82, 2.24) is 9.88 Å². The Kier molecular flexibility index (Phi) is 4.37. The first kappa shape index (κ1) is 16.0. The third kappa shape index (κ3) is 3.09. The van der Waals surface area contributed by atoms with Crippen molar-refractivity contribution < 1.29 is 4.79 Å². The van der Waals surface area contributed by atoms with Gasteiger partial charge in [0.2, 0.25) is 0 Å². The van der Waals surface area contributed by atoms with Crippen molar-refractivity contribution in [1.29, 1.82) is 0 Å². The lowest BCUT2D eigenvalue weighted by Gasteiger charge is -2.14. The Morgan fingerprint density at radius 1 is 1.13 bits per heavy atom. The molecule has 0 saturated carbocycles. The van der Waals surface area contributed by atoms with Crippen molar-refractivity contribution in [3.05, 3.63) is 63.6 Å². The quantitative estimate of drug-likeness (QED) is 0.616. The van der Waals surface area contributed by atoms with Crippen LogP contribution in [0.5, 0.6) is 0 Å². The molecular weight excluding hydrogens is 376 g/mol. The number of halogens is 2. The number of carbonyl (C=O) groups is 1. The van der Waals surface area contributed by atoms with Crippen LogP contribution in [0.4, 0.5) is 0 Å². The van der Waals surface area contributed by atoms with Gasteiger partial charge in [0.1, 0.15) is 0 Å². The minimum Gasteiger partial charge on any atom is -0.345 e. The largest absolute Gasteiger partial charge is 0.345 e. The highest BCUT2D eigenvalue weighted by Crippen LogP contribution is 2.31. The van der Waals surface area contributed by atoms with Crippen LogP contribution in [0.2, 0.25) is 5.02 Å². The fourth-order valence-corrected chi connectivity index (χ4v) is 3.02. The molecule has 116 valence electrons. The fraction of sp³-hybridized carbons (Fsp3) is 0.111. The summed E-state index contributed by atoms with van der Waals surface area (Å²) < 4.78 is 0.907. The number of fused-ring (bicyclic) bond motifs is 1. The molecule has 0 fully saturated rings. The maximum Gasteiger partial charge on any atom is 0.254 e. The number of hydrogen-bond acceptors (Lipinski definition) is 2. The van der Waals surface area contributed by atoms with E-state index in [1.165, 1.54) is 0 Å². The smallest absolute Gasteiger partial charge is 0.254 e. The Morgan fingerprint density at radius 3 is 2.57 bits per heavy atom. The van der Waals surface area contributed by atoms with Gasteiger partial charge in [-0.05, 0) is 30.3 Å². The highest BCUT2D eigenvalue weighted by Gasteiger charge is 2.16. The Balaban J connectivity index is 2.32. The molecule has 0 saturated heterocycles. The molecular formula is C18H14BrClN2O. The molecule has 3 rings (SSSR count). The van der Waals surface area contributed by atoms with E-state index >= 15 is 0 Å². The number of aromatic nitrogens is 1. The van der Waals surface area contributed by atoms with Gasteiger partial charge in [-0.15, -0.1) is 0 Å². The van der Waals surface area contributed by atoms with Gasteiger partial charge in [-0.3, -0.25) is 4.79 Å². The van der Waals surface area contributed by atoms with Gasteiger partial charge in [0, 0.05) is 34.5 Å². The van der Waals surface area contributed by atoms with Crippen LogP contribution in [0.15, 0.2) is 53.0 Å². The van der Waals surface area contributed by atoms with Crippen LogP contribution in [-0.2, 0) is 0 Å². The fourth-order valence-electron chi connectivity index (χ4n) is 2.42. The summed E-state index contributed by atoms with van der Waals surface area (Å²) in [4.78, 5) is 18.8. The van der Waals surface area contributed by atoms with E-state index in [1.54, 1.807) is 25.1 Å². The Bertz CT molecular complexity index is 909. The molecule has 1 amide bonds. The van der Waals surface area contributed by atoms with Crippen LogP contribution >= 0.6 is 27.5 Å². The lowest BCUT2D eigenvalue weighted by atomic mass is 10.0. The van der Waals surface area contributed by atoms with Crippen molar-refractivity contribution in [3.63, 3.8) is 0 Å². The second kappa shape index (κ2) is 6.30. The zero-order valence-corrected chi connectivity index (χ0v) is 15.0. The molecule has 3 aromatic rings. The number of benzene rings is 2. The van der Waals surface area contributed by atoms with Gasteiger partial charge >= 0.3 is 0 Å². The molecule has 0 radical (unpaired) electrons. The van der Waals surface area contributed by atoms with E-state index in [-0.39, 0.29) is 5.91 Å². The Morgan fingerprint density at radius 2 is 1.87 bits per heavy atom. The molecule has 0 spiro atoms. The first-order valence-electron chi connectivity index (χ1n) is 7.04. The predicted octanol–water partition coefficient (Wildman–Crippen LogP) is 5.02. The minimum absolute atomic E-state index is 0.0659. The monoisotopic (exact) mass is 388 g/mol. The Labute approximate surface area is 148 Å². The maximum atomic E-state index is 12.6. The second-order valence-corrected chi connectivity index (χ2v) is 6.72. The van der Waals surface area contributed by atoms with Crippen LogP contribution in [0, 0.1) is 0 Å². The molecule has 3 nitrogen and oxygen atoms in total. The molecule has 0 N–H and O–H groups in total. The standard InChI is InChI=1S/C18H14BrClN2O/c1-22(2)18(23)14-10-17(12-5-3-4-6-15(12)20)21-16-8-7-11(19)9-13(14)16/h3-10H,1-2H3. The van der Waals surface area contributed by atoms with Crippen LogP contribution in [-0.4, -0.2) is 29.9 Å². The molecule has 5 heteroatoms. The summed E-state index contributed by atoms with van der Waals surface area (Å²) in [6.07, 6.45) is 0. The topological polar surface area (TPSA) is 33.2 Å². The molecule has 0 unspecified atom stereocenters. The summed E-state index contributed by atoms with van der Waals surface area (Å²) >= 11 is 9.74. The van der Waals surface area contributed by atoms with Crippen LogP contribution in [0.25, 0.3) is 22.2 Å². The average molecular weight is 390 g/mol. The lowest BCUT2D eigenvalue weighted by Crippen LogP contribution is -2.22. The van der Waals surface area contributed by atoms with Gasteiger partial charge in [0.15, 0.2) is 0 Å². The summed E-state index contributed by atoms with van der Waals surface area (Å²) in [6, 6.07) is 15.0. The summed E-state index contributed by atoms with van der Waals surface area (Å²) in [6.45, 7) is 0. The molecule has 0 aliphatic rings. The van der Waals surface area contributed by atoms with Gasteiger partial charge in [0.05, 0.1) is 16.8 Å². The second-order valence-electron chi connectivity index (χ2n) is 5.40. The summed E-state index contributed by atoms with van der Waals surface area (Å²) in [5.74, 6) is -0.0659. The van der Waals surface area contributed by atoms with E-state index in [4.69, 9.17) is 11.6 Å². The third-order valence-corrected chi connectivity index (χ3v) is 4.38. The maximum absolute atomic E-state index is 12.6. The van der Waals surface area contributed by atoms with E-state index in [0.717, 1.165) is 20.9 Å². The first-order chi connectivity index (χ1) is 11.0. The highest BCUT2D eigenvalue weighted by atomic mass is 79.9. The average Bonchev–Trinajstić information content (AvgIpc) is 2.53. The van der Waals surface area contributed by atoms with E-state index in [1.807, 2.05) is 42.5 Å². The zero-order valence-electron chi connectivity index (χ0n) is 12.7. The third-order valence-electron chi connectivity index (χ3n) is 3.56. The van der Waals surface area contributed by atoms with Crippen molar-refractivity contribution in [2.45, 2.75) is 0 Å². The summed E-state index contributed by atoms with van der Waals surface area (Å²) in [5, 5.41) is 1.42. The van der Waals surface area contributed by atoms with E-state index in [2.05, 4.69) is 20.9 Å². The SMILES string of the molecule is CN(C)C(=O)c1cc(-c2ccccc2Cl)nc2ccc(Br)cc12. The van der Waals surface area contributed by atoms with E-state index in [0.29, 0.717) is 16.3 Å².